The zero-order chi connectivity index (χ0) is 15.9. The molecule has 1 aliphatic heterocycles. The van der Waals surface area contributed by atoms with Gasteiger partial charge in [0.15, 0.2) is 5.96 Å². The molecule has 6 heteroatoms. The Kier molecular flexibility index (Phi) is 6.78. The van der Waals surface area contributed by atoms with E-state index in [1.165, 1.54) is 6.42 Å². The van der Waals surface area contributed by atoms with E-state index in [2.05, 4.69) is 15.6 Å². The Labute approximate surface area is 128 Å². The Morgan fingerprint density at radius 3 is 2.71 bits per heavy atom. The minimum Gasteiger partial charge on any atom is -0.444 e. The van der Waals surface area contributed by atoms with Crippen LogP contribution < -0.4 is 10.6 Å². The molecule has 21 heavy (non-hydrogen) atoms. The lowest BCUT2D eigenvalue weighted by Gasteiger charge is -2.34. The molecule has 1 saturated heterocycles. The molecule has 122 valence electrons. The van der Waals surface area contributed by atoms with Crippen molar-refractivity contribution in [2.45, 2.75) is 45.6 Å². The summed E-state index contributed by atoms with van der Waals surface area (Å²) in [5.74, 6) is 1.32. The van der Waals surface area contributed by atoms with Crippen LogP contribution in [0.25, 0.3) is 0 Å². The maximum atomic E-state index is 12.1. The Bertz CT molecular complexity index is 363. The van der Waals surface area contributed by atoms with Crippen molar-refractivity contribution < 1.29 is 9.53 Å². The lowest BCUT2D eigenvalue weighted by atomic mass is 9.95. The molecule has 0 spiro atoms. The number of nitrogens with zero attached hydrogens (tertiary/aromatic N) is 2. The average Bonchev–Trinajstić information content (AvgIpc) is 2.42. The number of likely N-dealkylation sites (tertiary alicyclic amines) is 1. The van der Waals surface area contributed by atoms with Gasteiger partial charge in [-0.15, -0.1) is 0 Å². The van der Waals surface area contributed by atoms with Crippen molar-refractivity contribution in [2.24, 2.45) is 10.9 Å². The number of hydrogen-bond donors (Lipinski definition) is 2. The molecule has 1 aliphatic rings. The molecule has 1 rings (SSSR count). The van der Waals surface area contributed by atoms with Crippen molar-refractivity contribution in [3.8, 4) is 0 Å². The zero-order valence-corrected chi connectivity index (χ0v) is 14.0. The molecule has 6 nitrogen and oxygen atoms in total. The molecular weight excluding hydrogens is 268 g/mol. The highest BCUT2D eigenvalue weighted by Gasteiger charge is 2.27. The van der Waals surface area contributed by atoms with Crippen LogP contribution in [0, 0.1) is 5.92 Å². The summed E-state index contributed by atoms with van der Waals surface area (Å²) >= 11 is 0. The fourth-order valence-electron chi connectivity index (χ4n) is 2.47. The molecular formula is C15H30N4O2. The third-order valence-corrected chi connectivity index (χ3v) is 3.48. The van der Waals surface area contributed by atoms with Crippen LogP contribution in [-0.4, -0.2) is 56.3 Å². The van der Waals surface area contributed by atoms with E-state index in [0.717, 1.165) is 38.4 Å². The first-order chi connectivity index (χ1) is 9.85. The van der Waals surface area contributed by atoms with Crippen molar-refractivity contribution in [1.82, 2.24) is 15.5 Å². The van der Waals surface area contributed by atoms with Gasteiger partial charge in [-0.25, -0.2) is 4.79 Å². The smallest absolute Gasteiger partial charge is 0.410 e. The molecule has 1 fully saturated rings. The number of amides is 1. The van der Waals surface area contributed by atoms with Crippen molar-refractivity contribution in [3.05, 3.63) is 0 Å². The SMILES string of the molecule is CN=C(NC)NCC[C@@H]1CCCN(C(=O)OC(C)(C)C)C1. The predicted molar refractivity (Wildman–Crippen MR) is 85.6 cm³/mol. The summed E-state index contributed by atoms with van der Waals surface area (Å²) in [4.78, 5) is 18.0. The van der Waals surface area contributed by atoms with Crippen LogP contribution in [-0.2, 0) is 4.74 Å². The number of hydrogen-bond acceptors (Lipinski definition) is 3. The van der Waals surface area contributed by atoms with Crippen LogP contribution in [0.15, 0.2) is 4.99 Å². The molecule has 0 radical (unpaired) electrons. The van der Waals surface area contributed by atoms with Gasteiger partial charge in [-0.05, 0) is 46.0 Å². The van der Waals surface area contributed by atoms with Gasteiger partial charge in [-0.2, -0.15) is 0 Å². The Morgan fingerprint density at radius 1 is 1.43 bits per heavy atom. The summed E-state index contributed by atoms with van der Waals surface area (Å²) in [6.45, 7) is 8.16. The monoisotopic (exact) mass is 298 g/mol. The lowest BCUT2D eigenvalue weighted by Crippen LogP contribution is -2.44. The molecule has 0 unspecified atom stereocenters. The minimum atomic E-state index is -0.426. The van der Waals surface area contributed by atoms with E-state index in [1.807, 2.05) is 32.7 Å². The fourth-order valence-corrected chi connectivity index (χ4v) is 2.47. The Hall–Kier alpha value is -1.46. The molecule has 0 aromatic heterocycles. The second kappa shape index (κ2) is 8.10. The summed E-state index contributed by atoms with van der Waals surface area (Å²) in [5, 5.41) is 6.25. The Morgan fingerprint density at radius 2 is 2.14 bits per heavy atom. The van der Waals surface area contributed by atoms with Crippen molar-refractivity contribution in [2.75, 3.05) is 33.7 Å². The second-order valence-corrected chi connectivity index (χ2v) is 6.47. The van der Waals surface area contributed by atoms with Gasteiger partial charge in [0.1, 0.15) is 5.60 Å². The molecule has 1 amide bonds. The molecule has 1 heterocycles. The van der Waals surface area contributed by atoms with E-state index in [4.69, 9.17) is 4.74 Å². The highest BCUT2D eigenvalue weighted by molar-refractivity contribution is 5.79. The van der Waals surface area contributed by atoms with E-state index < -0.39 is 5.60 Å². The van der Waals surface area contributed by atoms with Crippen LogP contribution >= 0.6 is 0 Å². The normalized spacial score (nSPS) is 20.1. The number of guanidine groups is 1. The second-order valence-electron chi connectivity index (χ2n) is 6.47. The molecule has 1 atom stereocenters. The van der Waals surface area contributed by atoms with Gasteiger partial charge in [0.25, 0.3) is 0 Å². The van der Waals surface area contributed by atoms with E-state index in [9.17, 15) is 4.79 Å². The molecule has 2 N–H and O–H groups in total. The largest absolute Gasteiger partial charge is 0.444 e. The van der Waals surface area contributed by atoms with E-state index >= 15 is 0 Å². The van der Waals surface area contributed by atoms with Gasteiger partial charge in [-0.3, -0.25) is 4.99 Å². The summed E-state index contributed by atoms with van der Waals surface area (Å²) in [7, 11) is 3.60. The molecule has 0 bridgehead atoms. The van der Waals surface area contributed by atoms with Crippen molar-refractivity contribution in [1.29, 1.82) is 0 Å². The molecule has 0 aliphatic carbocycles. The number of nitrogens with one attached hydrogen (secondary N) is 2. The number of carbonyl (C=O) groups excluding carboxylic acids is 1. The zero-order valence-electron chi connectivity index (χ0n) is 14.0. The molecule has 0 aromatic carbocycles. The van der Waals surface area contributed by atoms with E-state index in [-0.39, 0.29) is 6.09 Å². The maximum absolute atomic E-state index is 12.1. The van der Waals surface area contributed by atoms with Crippen LogP contribution in [0.5, 0.6) is 0 Å². The third kappa shape index (κ3) is 6.69. The summed E-state index contributed by atoms with van der Waals surface area (Å²) in [5.41, 5.74) is -0.426. The van der Waals surface area contributed by atoms with Gasteiger partial charge in [0.05, 0.1) is 0 Å². The summed E-state index contributed by atoms with van der Waals surface area (Å²) < 4.78 is 5.45. The Balaban J connectivity index is 2.37. The molecule has 0 saturated carbocycles. The van der Waals surface area contributed by atoms with Crippen molar-refractivity contribution >= 4 is 12.1 Å². The number of carbonyl (C=O) groups is 1. The third-order valence-electron chi connectivity index (χ3n) is 3.48. The minimum absolute atomic E-state index is 0.189. The van der Waals surface area contributed by atoms with Gasteiger partial charge in [0, 0.05) is 33.7 Å². The first-order valence-electron chi connectivity index (χ1n) is 7.72. The van der Waals surface area contributed by atoms with Gasteiger partial charge in [-0.1, -0.05) is 0 Å². The summed E-state index contributed by atoms with van der Waals surface area (Å²) in [6, 6.07) is 0. The van der Waals surface area contributed by atoms with Crippen molar-refractivity contribution in [3.63, 3.8) is 0 Å². The highest BCUT2D eigenvalue weighted by atomic mass is 16.6. The molecule has 0 aromatic rings. The van der Waals surface area contributed by atoms with Gasteiger partial charge < -0.3 is 20.3 Å². The van der Waals surface area contributed by atoms with Crippen LogP contribution in [0.3, 0.4) is 0 Å². The lowest BCUT2D eigenvalue weighted by molar-refractivity contribution is 0.0162. The van der Waals surface area contributed by atoms with Crippen LogP contribution in [0.1, 0.15) is 40.0 Å². The fraction of sp³-hybridized carbons (Fsp3) is 0.867. The topological polar surface area (TPSA) is 66.0 Å². The predicted octanol–water partition coefficient (Wildman–Crippen LogP) is 1.82. The first-order valence-corrected chi connectivity index (χ1v) is 7.72. The van der Waals surface area contributed by atoms with Gasteiger partial charge in [0.2, 0.25) is 0 Å². The number of aliphatic imine (C=N–C) groups is 1. The standard InChI is InChI=1S/C15H30N4O2/c1-15(2,3)21-14(20)19-10-6-7-12(11-19)8-9-18-13(16-4)17-5/h12H,6-11H2,1-5H3,(H2,16,17,18)/t12-/m0/s1. The van der Waals surface area contributed by atoms with Crippen LogP contribution in [0.4, 0.5) is 4.79 Å². The number of piperidine rings is 1. The maximum Gasteiger partial charge on any atom is 0.410 e. The quantitative estimate of drug-likeness (QED) is 0.616. The number of ether oxygens (including phenoxy) is 1. The first kappa shape index (κ1) is 17.6. The van der Waals surface area contributed by atoms with Gasteiger partial charge >= 0.3 is 6.09 Å². The average molecular weight is 298 g/mol. The van der Waals surface area contributed by atoms with E-state index in [0.29, 0.717) is 5.92 Å². The van der Waals surface area contributed by atoms with Crippen LogP contribution in [0.2, 0.25) is 0 Å². The highest BCUT2D eigenvalue weighted by Crippen LogP contribution is 2.21. The number of rotatable bonds is 3. The van der Waals surface area contributed by atoms with E-state index in [1.54, 1.807) is 7.05 Å². The summed E-state index contributed by atoms with van der Waals surface area (Å²) in [6.07, 6.45) is 3.05.